The zero-order valence-electron chi connectivity index (χ0n) is 12.3. The summed E-state index contributed by atoms with van der Waals surface area (Å²) < 4.78 is 10.5. The molecule has 7 nitrogen and oxygen atoms in total. The number of rotatable bonds is 4. The van der Waals surface area contributed by atoms with Gasteiger partial charge in [-0.25, -0.2) is 0 Å². The van der Waals surface area contributed by atoms with Crippen molar-refractivity contribution in [3.8, 4) is 11.5 Å². The molecule has 22 heavy (non-hydrogen) atoms. The number of methoxy groups -OCH3 is 1. The van der Waals surface area contributed by atoms with E-state index in [0.717, 1.165) is 5.56 Å². The van der Waals surface area contributed by atoms with E-state index in [0.29, 0.717) is 29.2 Å². The number of pyridine rings is 1. The maximum Gasteiger partial charge on any atom is 0.265 e. The van der Waals surface area contributed by atoms with Crippen molar-refractivity contribution in [2.75, 3.05) is 24.8 Å². The number of aromatic hydroxyl groups is 1. The highest BCUT2D eigenvalue weighted by Crippen LogP contribution is 2.32. The Labute approximate surface area is 126 Å². The van der Waals surface area contributed by atoms with Gasteiger partial charge in [-0.1, -0.05) is 17.3 Å². The lowest BCUT2D eigenvalue weighted by Crippen LogP contribution is -2.17. The lowest BCUT2D eigenvalue weighted by molar-refractivity contribution is 0.418. The molecule has 3 rings (SSSR count). The Bertz CT molecular complexity index is 798. The quantitative estimate of drug-likeness (QED) is 0.761. The molecule has 3 aromatic rings. The Morgan fingerprint density at radius 1 is 1.32 bits per heavy atom. The summed E-state index contributed by atoms with van der Waals surface area (Å²) in [6.07, 6.45) is 0. The van der Waals surface area contributed by atoms with Crippen molar-refractivity contribution in [2.45, 2.75) is 6.54 Å². The zero-order valence-corrected chi connectivity index (χ0v) is 12.3. The fourth-order valence-corrected chi connectivity index (χ4v) is 2.24. The van der Waals surface area contributed by atoms with Crippen LogP contribution >= 0.6 is 0 Å². The zero-order chi connectivity index (χ0) is 15.7. The normalized spacial score (nSPS) is 10.8. The highest BCUT2D eigenvalue weighted by Gasteiger charge is 2.16. The van der Waals surface area contributed by atoms with Crippen LogP contribution in [0.15, 0.2) is 34.9 Å². The molecule has 2 aromatic heterocycles. The lowest BCUT2D eigenvalue weighted by atomic mass is 10.2. The highest BCUT2D eigenvalue weighted by atomic mass is 16.5. The Morgan fingerprint density at radius 3 is 2.73 bits per heavy atom. The summed E-state index contributed by atoms with van der Waals surface area (Å²) in [5.74, 6) is 1.74. The van der Waals surface area contributed by atoms with Gasteiger partial charge in [0, 0.05) is 19.7 Å². The summed E-state index contributed by atoms with van der Waals surface area (Å²) in [6, 6.07) is 8.80. The van der Waals surface area contributed by atoms with Crippen LogP contribution in [0.25, 0.3) is 11.1 Å². The van der Waals surface area contributed by atoms with Gasteiger partial charge in [-0.15, -0.1) is 0 Å². The number of phenolic OH excluding ortho intramolecular Hbond substituents is 1. The Balaban J connectivity index is 1.93. The van der Waals surface area contributed by atoms with Crippen LogP contribution < -0.4 is 15.4 Å². The molecule has 0 amide bonds. The number of nitrogens with zero attached hydrogens (tertiary/aromatic N) is 3. The minimum absolute atomic E-state index is 0.241. The maximum absolute atomic E-state index is 9.32. The predicted octanol–water partition coefficient (Wildman–Crippen LogP) is 2.16. The van der Waals surface area contributed by atoms with Gasteiger partial charge in [-0.3, -0.25) is 0 Å². The SMILES string of the molecule is COc1cc(N(C)Cc2ccc(O)cc2)nc2onc(N)c12. The Kier molecular flexibility index (Phi) is 3.46. The number of aromatic nitrogens is 2. The van der Waals surface area contributed by atoms with E-state index in [1.165, 1.54) is 0 Å². The second-order valence-corrected chi connectivity index (χ2v) is 4.95. The van der Waals surface area contributed by atoms with E-state index in [-0.39, 0.29) is 11.6 Å². The molecule has 114 valence electrons. The van der Waals surface area contributed by atoms with Gasteiger partial charge >= 0.3 is 0 Å². The van der Waals surface area contributed by atoms with Crippen molar-refractivity contribution in [2.24, 2.45) is 0 Å². The van der Waals surface area contributed by atoms with Gasteiger partial charge in [0.15, 0.2) is 5.82 Å². The fourth-order valence-electron chi connectivity index (χ4n) is 2.24. The number of anilines is 2. The van der Waals surface area contributed by atoms with E-state index >= 15 is 0 Å². The van der Waals surface area contributed by atoms with Crippen molar-refractivity contribution in [3.63, 3.8) is 0 Å². The molecular formula is C15H16N4O3. The molecule has 0 saturated carbocycles. The minimum Gasteiger partial charge on any atom is -0.508 e. The largest absolute Gasteiger partial charge is 0.508 e. The highest BCUT2D eigenvalue weighted by molar-refractivity contribution is 5.91. The van der Waals surface area contributed by atoms with Gasteiger partial charge in [0.1, 0.15) is 22.7 Å². The smallest absolute Gasteiger partial charge is 0.265 e. The van der Waals surface area contributed by atoms with Gasteiger partial charge in [0.05, 0.1) is 7.11 Å². The summed E-state index contributed by atoms with van der Waals surface area (Å²) in [7, 11) is 3.46. The molecule has 0 aliphatic rings. The molecule has 0 saturated heterocycles. The number of nitrogens with two attached hydrogens (primary N) is 1. The molecule has 0 atom stereocenters. The van der Waals surface area contributed by atoms with E-state index in [1.807, 2.05) is 24.1 Å². The summed E-state index contributed by atoms with van der Waals surface area (Å²) >= 11 is 0. The molecular weight excluding hydrogens is 284 g/mol. The first-order chi connectivity index (χ1) is 10.6. The van der Waals surface area contributed by atoms with Crippen LogP contribution in [0.2, 0.25) is 0 Å². The van der Waals surface area contributed by atoms with Crippen LogP contribution in [0, 0.1) is 0 Å². The topological polar surface area (TPSA) is 97.6 Å². The van der Waals surface area contributed by atoms with E-state index in [9.17, 15) is 5.11 Å². The molecule has 0 radical (unpaired) electrons. The van der Waals surface area contributed by atoms with Crippen molar-refractivity contribution in [1.82, 2.24) is 10.1 Å². The maximum atomic E-state index is 9.32. The fraction of sp³-hybridized carbons (Fsp3) is 0.200. The second kappa shape index (κ2) is 5.44. The second-order valence-electron chi connectivity index (χ2n) is 4.95. The van der Waals surface area contributed by atoms with Crippen LogP contribution in [0.3, 0.4) is 0 Å². The number of fused-ring (bicyclic) bond motifs is 1. The number of phenols is 1. The van der Waals surface area contributed by atoms with Gasteiger partial charge in [-0.05, 0) is 17.7 Å². The number of nitrogen functional groups attached to an aromatic ring is 1. The van der Waals surface area contributed by atoms with Crippen molar-refractivity contribution in [3.05, 3.63) is 35.9 Å². The molecule has 0 spiro atoms. The third kappa shape index (κ3) is 2.48. The molecule has 0 unspecified atom stereocenters. The number of hydrogen-bond acceptors (Lipinski definition) is 7. The standard InChI is InChI=1S/C15H16N4O3/c1-19(8-9-3-5-10(20)6-4-9)12-7-11(21-2)13-14(16)18-22-15(13)17-12/h3-7,20H,8H2,1-2H3,(H2,16,18). The summed E-state index contributed by atoms with van der Waals surface area (Å²) in [5, 5.41) is 13.6. The summed E-state index contributed by atoms with van der Waals surface area (Å²) in [4.78, 5) is 6.34. The minimum atomic E-state index is 0.241. The molecule has 3 N–H and O–H groups in total. The monoisotopic (exact) mass is 300 g/mol. The molecule has 0 fully saturated rings. The van der Waals surface area contributed by atoms with Crippen LogP contribution in [0.5, 0.6) is 11.5 Å². The van der Waals surface area contributed by atoms with Crippen LogP contribution in [-0.4, -0.2) is 29.4 Å². The number of benzene rings is 1. The van der Waals surface area contributed by atoms with Gasteiger partial charge in [0.25, 0.3) is 5.71 Å². The molecule has 7 heteroatoms. The van der Waals surface area contributed by atoms with Crippen molar-refractivity contribution < 1.29 is 14.4 Å². The number of ether oxygens (including phenoxy) is 1. The molecule has 0 bridgehead atoms. The third-order valence-electron chi connectivity index (χ3n) is 3.39. The van der Waals surface area contributed by atoms with Crippen LogP contribution in [0.4, 0.5) is 11.6 Å². The number of hydrogen-bond donors (Lipinski definition) is 2. The Morgan fingerprint density at radius 2 is 2.05 bits per heavy atom. The first kappa shape index (κ1) is 14.0. The van der Waals surface area contributed by atoms with E-state index in [4.69, 9.17) is 15.0 Å². The predicted molar refractivity (Wildman–Crippen MR) is 83.0 cm³/mol. The van der Waals surface area contributed by atoms with E-state index in [2.05, 4.69) is 10.1 Å². The van der Waals surface area contributed by atoms with Gasteiger partial charge < -0.3 is 25.0 Å². The summed E-state index contributed by atoms with van der Waals surface area (Å²) in [6.45, 7) is 0.617. The molecule has 1 aromatic carbocycles. The van der Waals surface area contributed by atoms with Crippen LogP contribution in [0.1, 0.15) is 5.56 Å². The summed E-state index contributed by atoms with van der Waals surface area (Å²) in [5.41, 5.74) is 7.13. The molecule has 2 heterocycles. The van der Waals surface area contributed by atoms with Crippen molar-refractivity contribution in [1.29, 1.82) is 0 Å². The molecule has 0 aliphatic carbocycles. The van der Waals surface area contributed by atoms with E-state index in [1.54, 1.807) is 25.3 Å². The van der Waals surface area contributed by atoms with Gasteiger partial charge in [0.2, 0.25) is 0 Å². The van der Waals surface area contributed by atoms with E-state index < -0.39 is 0 Å². The first-order valence-corrected chi connectivity index (χ1v) is 6.67. The average Bonchev–Trinajstić information content (AvgIpc) is 2.90. The average molecular weight is 300 g/mol. The third-order valence-corrected chi connectivity index (χ3v) is 3.39. The van der Waals surface area contributed by atoms with Crippen LogP contribution in [-0.2, 0) is 6.54 Å². The lowest BCUT2D eigenvalue weighted by Gasteiger charge is -2.18. The van der Waals surface area contributed by atoms with Gasteiger partial charge in [-0.2, -0.15) is 4.98 Å². The van der Waals surface area contributed by atoms with Crippen molar-refractivity contribution >= 4 is 22.7 Å². The first-order valence-electron chi connectivity index (χ1n) is 6.67. The Hall–Kier alpha value is -2.96. The molecule has 0 aliphatic heterocycles.